The number of halogens is 2. The Morgan fingerprint density at radius 1 is 1.40 bits per heavy atom. The number of aryl methyl sites for hydroxylation is 1. The van der Waals surface area contributed by atoms with Gasteiger partial charge in [0.15, 0.2) is 0 Å². The largest absolute Gasteiger partial charge is 0.392 e. The second-order valence-corrected chi connectivity index (χ2v) is 4.54. The SMILES string of the molecule is CC(N)C(O)CCc1cc(Cl)ccc1Cl. The molecular formula is C11H15Cl2NO. The van der Waals surface area contributed by atoms with Gasteiger partial charge in [-0.2, -0.15) is 0 Å². The van der Waals surface area contributed by atoms with E-state index in [2.05, 4.69) is 0 Å². The molecule has 0 aliphatic rings. The Kier molecular flexibility index (Phi) is 4.87. The fourth-order valence-electron chi connectivity index (χ4n) is 1.30. The van der Waals surface area contributed by atoms with Gasteiger partial charge in [-0.25, -0.2) is 0 Å². The second kappa shape index (κ2) is 5.71. The normalized spacial score (nSPS) is 15.0. The highest BCUT2D eigenvalue weighted by atomic mass is 35.5. The van der Waals surface area contributed by atoms with Crippen LogP contribution in [-0.4, -0.2) is 17.3 Å². The van der Waals surface area contributed by atoms with E-state index >= 15 is 0 Å². The first-order chi connectivity index (χ1) is 7.00. The zero-order valence-electron chi connectivity index (χ0n) is 8.58. The topological polar surface area (TPSA) is 46.2 Å². The summed E-state index contributed by atoms with van der Waals surface area (Å²) in [5.74, 6) is 0. The Balaban J connectivity index is 2.61. The number of aliphatic hydroxyl groups excluding tert-OH is 1. The third-order valence-corrected chi connectivity index (χ3v) is 2.93. The maximum atomic E-state index is 9.55. The lowest BCUT2D eigenvalue weighted by molar-refractivity contribution is 0.141. The van der Waals surface area contributed by atoms with Gasteiger partial charge in [-0.15, -0.1) is 0 Å². The van der Waals surface area contributed by atoms with E-state index in [1.165, 1.54) is 0 Å². The van der Waals surface area contributed by atoms with Gasteiger partial charge in [0.25, 0.3) is 0 Å². The highest BCUT2D eigenvalue weighted by Gasteiger charge is 2.10. The summed E-state index contributed by atoms with van der Waals surface area (Å²) in [7, 11) is 0. The summed E-state index contributed by atoms with van der Waals surface area (Å²) >= 11 is 11.8. The van der Waals surface area contributed by atoms with Crippen molar-refractivity contribution in [2.45, 2.75) is 31.9 Å². The molecule has 0 heterocycles. The van der Waals surface area contributed by atoms with Gasteiger partial charge < -0.3 is 10.8 Å². The summed E-state index contributed by atoms with van der Waals surface area (Å²) in [5.41, 5.74) is 6.51. The first-order valence-corrected chi connectivity index (χ1v) is 5.64. The van der Waals surface area contributed by atoms with Crippen LogP contribution >= 0.6 is 23.2 Å². The van der Waals surface area contributed by atoms with Gasteiger partial charge in [-0.3, -0.25) is 0 Å². The van der Waals surface area contributed by atoms with E-state index in [4.69, 9.17) is 28.9 Å². The number of benzene rings is 1. The molecule has 0 saturated carbocycles. The molecule has 2 unspecified atom stereocenters. The highest BCUT2D eigenvalue weighted by molar-refractivity contribution is 6.33. The number of hydrogen-bond acceptors (Lipinski definition) is 2. The monoisotopic (exact) mass is 247 g/mol. The fraction of sp³-hybridized carbons (Fsp3) is 0.455. The van der Waals surface area contributed by atoms with Gasteiger partial charge in [0.1, 0.15) is 0 Å². The van der Waals surface area contributed by atoms with Crippen LogP contribution in [0.25, 0.3) is 0 Å². The molecule has 0 saturated heterocycles. The first-order valence-electron chi connectivity index (χ1n) is 4.88. The maximum absolute atomic E-state index is 9.55. The van der Waals surface area contributed by atoms with Crippen molar-refractivity contribution in [1.29, 1.82) is 0 Å². The van der Waals surface area contributed by atoms with Crippen molar-refractivity contribution in [2.24, 2.45) is 5.73 Å². The molecule has 84 valence electrons. The summed E-state index contributed by atoms with van der Waals surface area (Å²) in [6.07, 6.45) is 0.778. The molecule has 0 radical (unpaired) electrons. The van der Waals surface area contributed by atoms with E-state index in [1.807, 2.05) is 6.07 Å². The molecule has 3 N–H and O–H groups in total. The van der Waals surface area contributed by atoms with Crippen molar-refractivity contribution in [1.82, 2.24) is 0 Å². The predicted octanol–water partition coefficient (Wildman–Crippen LogP) is 2.63. The minimum atomic E-state index is -0.500. The summed E-state index contributed by atoms with van der Waals surface area (Å²) < 4.78 is 0. The van der Waals surface area contributed by atoms with Crippen LogP contribution in [0.4, 0.5) is 0 Å². The third kappa shape index (κ3) is 3.99. The average molecular weight is 248 g/mol. The molecule has 1 aromatic carbocycles. The Labute approximate surface area is 100.0 Å². The quantitative estimate of drug-likeness (QED) is 0.860. The molecule has 0 aromatic heterocycles. The molecule has 2 atom stereocenters. The Morgan fingerprint density at radius 3 is 2.67 bits per heavy atom. The Hall–Kier alpha value is -0.280. The van der Waals surface area contributed by atoms with Gasteiger partial charge in [-0.1, -0.05) is 23.2 Å². The van der Waals surface area contributed by atoms with E-state index < -0.39 is 6.10 Å². The molecule has 0 aliphatic heterocycles. The van der Waals surface area contributed by atoms with Crippen LogP contribution < -0.4 is 5.73 Å². The smallest absolute Gasteiger partial charge is 0.0691 e. The molecule has 0 spiro atoms. The molecule has 1 rings (SSSR count). The van der Waals surface area contributed by atoms with E-state index in [1.54, 1.807) is 19.1 Å². The summed E-state index contributed by atoms with van der Waals surface area (Å²) in [4.78, 5) is 0. The summed E-state index contributed by atoms with van der Waals surface area (Å²) in [5, 5.41) is 10.9. The van der Waals surface area contributed by atoms with Gasteiger partial charge in [0.05, 0.1) is 6.10 Å². The first kappa shape index (κ1) is 12.8. The zero-order valence-corrected chi connectivity index (χ0v) is 10.1. The van der Waals surface area contributed by atoms with Crippen molar-refractivity contribution < 1.29 is 5.11 Å². The van der Waals surface area contributed by atoms with Crippen molar-refractivity contribution in [3.63, 3.8) is 0 Å². The molecule has 4 heteroatoms. The van der Waals surface area contributed by atoms with Crippen molar-refractivity contribution in [2.75, 3.05) is 0 Å². The molecule has 2 nitrogen and oxygen atoms in total. The van der Waals surface area contributed by atoms with Crippen LogP contribution in [0.2, 0.25) is 10.0 Å². The molecule has 0 amide bonds. The van der Waals surface area contributed by atoms with E-state index in [0.717, 1.165) is 5.56 Å². The van der Waals surface area contributed by atoms with Crippen molar-refractivity contribution >= 4 is 23.2 Å². The number of hydrogen-bond donors (Lipinski definition) is 2. The Morgan fingerprint density at radius 2 is 2.07 bits per heavy atom. The summed E-state index contributed by atoms with van der Waals surface area (Å²) in [6, 6.07) is 5.10. The lowest BCUT2D eigenvalue weighted by Gasteiger charge is -2.14. The van der Waals surface area contributed by atoms with Crippen molar-refractivity contribution in [3.05, 3.63) is 33.8 Å². The van der Waals surface area contributed by atoms with Crippen LogP contribution in [0.3, 0.4) is 0 Å². The minimum absolute atomic E-state index is 0.219. The standard InChI is InChI=1S/C11H15Cl2NO/c1-7(14)11(15)5-2-8-6-9(12)3-4-10(8)13/h3-4,6-7,11,15H,2,5,14H2,1H3. The predicted molar refractivity (Wildman–Crippen MR) is 64.4 cm³/mol. The van der Waals surface area contributed by atoms with Gasteiger partial charge >= 0.3 is 0 Å². The average Bonchev–Trinajstić information content (AvgIpc) is 2.18. The third-order valence-electron chi connectivity index (χ3n) is 2.32. The highest BCUT2D eigenvalue weighted by Crippen LogP contribution is 2.22. The molecule has 1 aromatic rings. The van der Waals surface area contributed by atoms with Gasteiger partial charge in [0.2, 0.25) is 0 Å². The number of nitrogens with two attached hydrogens (primary N) is 1. The van der Waals surface area contributed by atoms with Crippen LogP contribution in [0.1, 0.15) is 18.9 Å². The number of rotatable bonds is 4. The van der Waals surface area contributed by atoms with Crippen LogP contribution in [-0.2, 0) is 6.42 Å². The van der Waals surface area contributed by atoms with E-state index in [9.17, 15) is 5.11 Å². The van der Waals surface area contributed by atoms with E-state index in [0.29, 0.717) is 22.9 Å². The second-order valence-electron chi connectivity index (χ2n) is 3.70. The van der Waals surface area contributed by atoms with Crippen LogP contribution in [0, 0.1) is 0 Å². The maximum Gasteiger partial charge on any atom is 0.0691 e. The zero-order chi connectivity index (χ0) is 11.4. The molecule has 15 heavy (non-hydrogen) atoms. The lowest BCUT2D eigenvalue weighted by atomic mass is 10.0. The summed E-state index contributed by atoms with van der Waals surface area (Å²) in [6.45, 7) is 1.78. The van der Waals surface area contributed by atoms with Gasteiger partial charge in [0, 0.05) is 16.1 Å². The minimum Gasteiger partial charge on any atom is -0.392 e. The number of aliphatic hydroxyl groups is 1. The van der Waals surface area contributed by atoms with Crippen LogP contribution in [0.15, 0.2) is 18.2 Å². The molecular weight excluding hydrogens is 233 g/mol. The van der Waals surface area contributed by atoms with Crippen molar-refractivity contribution in [3.8, 4) is 0 Å². The molecule has 0 aliphatic carbocycles. The Bertz CT molecular complexity index is 328. The van der Waals surface area contributed by atoms with E-state index in [-0.39, 0.29) is 6.04 Å². The van der Waals surface area contributed by atoms with Crippen LogP contribution in [0.5, 0.6) is 0 Å². The lowest BCUT2D eigenvalue weighted by Crippen LogP contribution is -2.31. The van der Waals surface area contributed by atoms with Gasteiger partial charge in [-0.05, 0) is 43.5 Å². The molecule has 0 fully saturated rings. The fourth-order valence-corrected chi connectivity index (χ4v) is 1.71. The molecule has 0 bridgehead atoms.